The predicted octanol–water partition coefficient (Wildman–Crippen LogP) is 2.08. The summed E-state index contributed by atoms with van der Waals surface area (Å²) in [6, 6.07) is 1.36. The molecule has 2 aliphatic rings. The van der Waals surface area contributed by atoms with Gasteiger partial charge in [0.1, 0.15) is 5.69 Å². The van der Waals surface area contributed by atoms with E-state index in [0.717, 1.165) is 19.2 Å². The fourth-order valence-electron chi connectivity index (χ4n) is 3.08. The Hall–Kier alpha value is -1.22. The van der Waals surface area contributed by atoms with Gasteiger partial charge >= 0.3 is 6.18 Å². The van der Waals surface area contributed by atoms with Crippen molar-refractivity contribution in [3.05, 3.63) is 17.5 Å². The number of thioether (sulfide) groups is 1. The third-order valence-corrected chi connectivity index (χ3v) is 5.46. The molecule has 2 fully saturated rings. The summed E-state index contributed by atoms with van der Waals surface area (Å²) < 4.78 is 37.7. The summed E-state index contributed by atoms with van der Waals surface area (Å²) in [7, 11) is 0. The Labute approximate surface area is 136 Å². The number of amides is 1. The van der Waals surface area contributed by atoms with E-state index in [1.54, 1.807) is 4.90 Å². The van der Waals surface area contributed by atoms with Crippen molar-refractivity contribution in [1.29, 1.82) is 0 Å². The SMILES string of the molecule is O=C(c1cc(C(F)(F)F)[nH]n1)N1CCN(C2CCSCC2)CC1. The maximum atomic E-state index is 12.6. The summed E-state index contributed by atoms with van der Waals surface area (Å²) >= 11 is 1.97. The normalized spacial score (nSPS) is 21.6. The first-order valence-corrected chi connectivity index (χ1v) is 8.84. The quantitative estimate of drug-likeness (QED) is 0.889. The minimum atomic E-state index is -4.51. The van der Waals surface area contributed by atoms with Crippen LogP contribution in [-0.2, 0) is 6.18 Å². The number of alkyl halides is 3. The molecule has 23 heavy (non-hydrogen) atoms. The monoisotopic (exact) mass is 348 g/mol. The van der Waals surface area contributed by atoms with Crippen LogP contribution in [0.15, 0.2) is 6.07 Å². The molecule has 2 saturated heterocycles. The molecule has 1 aromatic rings. The molecule has 128 valence electrons. The predicted molar refractivity (Wildman–Crippen MR) is 81.4 cm³/mol. The highest BCUT2D eigenvalue weighted by atomic mass is 32.2. The summed E-state index contributed by atoms with van der Waals surface area (Å²) in [4.78, 5) is 16.3. The van der Waals surface area contributed by atoms with Crippen LogP contribution in [0, 0.1) is 0 Å². The molecule has 3 heterocycles. The number of H-pyrrole nitrogens is 1. The van der Waals surface area contributed by atoms with Gasteiger partial charge in [0.15, 0.2) is 5.69 Å². The third-order valence-electron chi connectivity index (χ3n) is 4.41. The molecule has 9 heteroatoms. The number of nitrogens with one attached hydrogen (secondary N) is 1. The van der Waals surface area contributed by atoms with Crippen molar-refractivity contribution >= 4 is 17.7 Å². The molecule has 2 aliphatic heterocycles. The van der Waals surface area contributed by atoms with Crippen LogP contribution in [0.3, 0.4) is 0 Å². The average Bonchev–Trinajstić information content (AvgIpc) is 3.05. The molecule has 5 nitrogen and oxygen atoms in total. The summed E-state index contributed by atoms with van der Waals surface area (Å²) in [6.45, 7) is 2.63. The van der Waals surface area contributed by atoms with E-state index < -0.39 is 17.8 Å². The third kappa shape index (κ3) is 3.82. The molecule has 0 atom stereocenters. The van der Waals surface area contributed by atoms with E-state index in [-0.39, 0.29) is 5.69 Å². The first kappa shape index (κ1) is 16.6. The number of halogens is 3. The molecule has 0 unspecified atom stereocenters. The Morgan fingerprint density at radius 2 is 1.87 bits per heavy atom. The van der Waals surface area contributed by atoms with Gasteiger partial charge in [-0.25, -0.2) is 0 Å². The van der Waals surface area contributed by atoms with Crippen LogP contribution < -0.4 is 0 Å². The molecule has 1 aromatic heterocycles. The van der Waals surface area contributed by atoms with Crippen LogP contribution in [-0.4, -0.2) is 69.6 Å². The highest BCUT2D eigenvalue weighted by Gasteiger charge is 2.35. The number of hydrogen-bond donors (Lipinski definition) is 1. The molecule has 1 amide bonds. The zero-order chi connectivity index (χ0) is 16.4. The lowest BCUT2D eigenvalue weighted by Gasteiger charge is -2.40. The van der Waals surface area contributed by atoms with Crippen molar-refractivity contribution in [2.75, 3.05) is 37.7 Å². The summed E-state index contributed by atoms with van der Waals surface area (Å²) in [5.41, 5.74) is -1.15. The second-order valence-corrected chi connectivity index (χ2v) is 7.06. The molecule has 1 N–H and O–H groups in total. The molecular weight excluding hydrogens is 329 g/mol. The topological polar surface area (TPSA) is 52.2 Å². The number of carbonyl (C=O) groups is 1. The maximum Gasteiger partial charge on any atom is 0.432 e. The Kier molecular flexibility index (Phi) is 4.86. The molecule has 0 radical (unpaired) electrons. The fourth-order valence-corrected chi connectivity index (χ4v) is 4.16. The van der Waals surface area contributed by atoms with Gasteiger partial charge in [0.25, 0.3) is 5.91 Å². The zero-order valence-electron chi connectivity index (χ0n) is 12.6. The van der Waals surface area contributed by atoms with Crippen LogP contribution in [0.4, 0.5) is 13.2 Å². The van der Waals surface area contributed by atoms with E-state index in [4.69, 9.17) is 0 Å². The van der Waals surface area contributed by atoms with E-state index in [9.17, 15) is 18.0 Å². The van der Waals surface area contributed by atoms with E-state index in [0.29, 0.717) is 19.1 Å². The molecule has 0 aliphatic carbocycles. The number of aromatic nitrogens is 2. The summed E-state index contributed by atoms with van der Waals surface area (Å²) in [5.74, 6) is 1.92. The standard InChI is InChI=1S/C14H19F3N4OS/c15-14(16,17)12-9-11(18-19-12)13(22)21-5-3-20(4-6-21)10-1-7-23-8-2-10/h9-10H,1-8H2,(H,18,19). The van der Waals surface area contributed by atoms with Gasteiger partial charge in [0.05, 0.1) is 0 Å². The van der Waals surface area contributed by atoms with Crippen LogP contribution in [0.2, 0.25) is 0 Å². The van der Waals surface area contributed by atoms with Crippen molar-refractivity contribution in [2.45, 2.75) is 25.1 Å². The Morgan fingerprint density at radius 3 is 2.43 bits per heavy atom. The number of carbonyl (C=O) groups excluding carboxylic acids is 1. The van der Waals surface area contributed by atoms with E-state index in [1.165, 1.54) is 24.3 Å². The smallest absolute Gasteiger partial charge is 0.335 e. The lowest BCUT2D eigenvalue weighted by atomic mass is 10.1. The van der Waals surface area contributed by atoms with Gasteiger partial charge in [0.2, 0.25) is 0 Å². The molecule has 0 aromatic carbocycles. The van der Waals surface area contributed by atoms with E-state index in [1.807, 2.05) is 16.9 Å². The number of piperazine rings is 1. The van der Waals surface area contributed by atoms with Crippen molar-refractivity contribution < 1.29 is 18.0 Å². The maximum absolute atomic E-state index is 12.6. The summed E-state index contributed by atoms with van der Waals surface area (Å²) in [6.07, 6.45) is -2.16. The van der Waals surface area contributed by atoms with Crippen molar-refractivity contribution in [2.24, 2.45) is 0 Å². The van der Waals surface area contributed by atoms with Gasteiger partial charge < -0.3 is 4.90 Å². The Balaban J connectivity index is 1.56. The van der Waals surface area contributed by atoms with Crippen molar-refractivity contribution in [3.8, 4) is 0 Å². The van der Waals surface area contributed by atoms with Crippen LogP contribution in [0.1, 0.15) is 29.0 Å². The lowest BCUT2D eigenvalue weighted by molar-refractivity contribution is -0.141. The minimum absolute atomic E-state index is 0.167. The Bertz CT molecular complexity index is 548. The highest BCUT2D eigenvalue weighted by molar-refractivity contribution is 7.99. The second kappa shape index (κ2) is 6.72. The van der Waals surface area contributed by atoms with Gasteiger partial charge in [-0.05, 0) is 24.3 Å². The number of nitrogens with zero attached hydrogens (tertiary/aromatic N) is 3. The molecule has 0 spiro atoms. The van der Waals surface area contributed by atoms with Gasteiger partial charge in [-0.15, -0.1) is 0 Å². The lowest BCUT2D eigenvalue weighted by Crippen LogP contribution is -2.52. The van der Waals surface area contributed by atoms with Gasteiger partial charge in [0, 0.05) is 38.3 Å². The van der Waals surface area contributed by atoms with Crippen molar-refractivity contribution in [3.63, 3.8) is 0 Å². The van der Waals surface area contributed by atoms with Gasteiger partial charge in [-0.2, -0.15) is 30.0 Å². The van der Waals surface area contributed by atoms with Crippen LogP contribution in [0.5, 0.6) is 0 Å². The van der Waals surface area contributed by atoms with E-state index in [2.05, 4.69) is 10.00 Å². The molecule has 3 rings (SSSR count). The number of aromatic amines is 1. The minimum Gasteiger partial charge on any atom is -0.335 e. The largest absolute Gasteiger partial charge is 0.432 e. The zero-order valence-corrected chi connectivity index (χ0v) is 13.4. The first-order valence-electron chi connectivity index (χ1n) is 7.69. The first-order chi connectivity index (χ1) is 10.9. The number of rotatable bonds is 2. The van der Waals surface area contributed by atoms with E-state index >= 15 is 0 Å². The van der Waals surface area contributed by atoms with Gasteiger partial charge in [-0.3, -0.25) is 14.8 Å². The number of hydrogen-bond acceptors (Lipinski definition) is 4. The molecule has 0 saturated carbocycles. The van der Waals surface area contributed by atoms with Crippen molar-refractivity contribution in [1.82, 2.24) is 20.0 Å². The second-order valence-electron chi connectivity index (χ2n) is 5.84. The Morgan fingerprint density at radius 1 is 1.22 bits per heavy atom. The average molecular weight is 348 g/mol. The fraction of sp³-hybridized carbons (Fsp3) is 0.714. The molecular formula is C14H19F3N4OS. The van der Waals surface area contributed by atoms with Crippen LogP contribution in [0.25, 0.3) is 0 Å². The molecule has 0 bridgehead atoms. The highest BCUT2D eigenvalue weighted by Crippen LogP contribution is 2.28. The van der Waals surface area contributed by atoms with Crippen LogP contribution >= 0.6 is 11.8 Å². The summed E-state index contributed by atoms with van der Waals surface area (Å²) in [5, 5.41) is 5.41. The van der Waals surface area contributed by atoms with Gasteiger partial charge in [-0.1, -0.05) is 0 Å².